The third kappa shape index (κ3) is 7.26. The second-order valence-electron chi connectivity index (χ2n) is 2.85. The maximum absolute atomic E-state index is 11.0. The summed E-state index contributed by atoms with van der Waals surface area (Å²) in [5.74, 6) is 0.246. The van der Waals surface area contributed by atoms with E-state index in [1.165, 1.54) is 0 Å². The van der Waals surface area contributed by atoms with Crippen LogP contribution in [0.15, 0.2) is 24.8 Å². The SMILES string of the molecule is C=CCCCCCC(=O)/C=C/C. The minimum Gasteiger partial charge on any atom is -0.295 e. The van der Waals surface area contributed by atoms with Crippen LogP contribution in [0.4, 0.5) is 0 Å². The molecule has 0 saturated carbocycles. The summed E-state index contributed by atoms with van der Waals surface area (Å²) in [5.41, 5.74) is 0. The molecule has 0 unspecified atom stereocenters. The fourth-order valence-electron chi connectivity index (χ4n) is 1.03. The highest BCUT2D eigenvalue weighted by atomic mass is 16.1. The monoisotopic (exact) mass is 166 g/mol. The fraction of sp³-hybridized carbons (Fsp3) is 0.545. The summed E-state index contributed by atoms with van der Waals surface area (Å²) in [6.07, 6.45) is 10.4. The molecule has 0 aliphatic heterocycles. The van der Waals surface area contributed by atoms with Crippen LogP contribution in [-0.2, 0) is 4.79 Å². The van der Waals surface area contributed by atoms with E-state index >= 15 is 0 Å². The first-order valence-electron chi connectivity index (χ1n) is 4.57. The lowest BCUT2D eigenvalue weighted by Gasteiger charge is -1.95. The zero-order valence-corrected chi connectivity index (χ0v) is 7.88. The molecule has 0 aliphatic rings. The largest absolute Gasteiger partial charge is 0.295 e. The Morgan fingerprint density at radius 3 is 2.67 bits per heavy atom. The number of allylic oxidation sites excluding steroid dienone is 3. The van der Waals surface area contributed by atoms with E-state index in [-0.39, 0.29) is 5.78 Å². The third-order valence-corrected chi connectivity index (χ3v) is 1.68. The van der Waals surface area contributed by atoms with E-state index in [9.17, 15) is 4.79 Å². The molecule has 0 spiro atoms. The van der Waals surface area contributed by atoms with Crippen LogP contribution >= 0.6 is 0 Å². The van der Waals surface area contributed by atoms with Gasteiger partial charge >= 0.3 is 0 Å². The molecule has 0 heterocycles. The van der Waals surface area contributed by atoms with Gasteiger partial charge in [-0.1, -0.05) is 18.6 Å². The molecule has 0 aliphatic carbocycles. The maximum atomic E-state index is 11.0. The molecule has 0 N–H and O–H groups in total. The first-order chi connectivity index (χ1) is 5.81. The van der Waals surface area contributed by atoms with E-state index in [0.717, 1.165) is 25.7 Å². The van der Waals surface area contributed by atoms with Gasteiger partial charge in [-0.05, 0) is 32.3 Å². The molecular weight excluding hydrogens is 148 g/mol. The first-order valence-corrected chi connectivity index (χ1v) is 4.57. The van der Waals surface area contributed by atoms with E-state index < -0.39 is 0 Å². The molecule has 68 valence electrons. The van der Waals surface area contributed by atoms with Crippen molar-refractivity contribution < 1.29 is 4.79 Å². The standard InChI is InChI=1S/C11H18O/c1-3-5-6-7-8-10-11(12)9-4-2/h3-4,9H,1,5-8,10H2,2H3/b9-4+. The summed E-state index contributed by atoms with van der Waals surface area (Å²) in [4.78, 5) is 11.0. The number of ketones is 1. The Morgan fingerprint density at radius 2 is 2.08 bits per heavy atom. The Kier molecular flexibility index (Phi) is 7.66. The van der Waals surface area contributed by atoms with Gasteiger partial charge in [-0.25, -0.2) is 0 Å². The predicted molar refractivity (Wildman–Crippen MR) is 53.1 cm³/mol. The van der Waals surface area contributed by atoms with E-state index in [1.54, 1.807) is 12.2 Å². The summed E-state index contributed by atoms with van der Waals surface area (Å²) >= 11 is 0. The van der Waals surface area contributed by atoms with E-state index in [1.807, 2.05) is 13.0 Å². The van der Waals surface area contributed by atoms with Gasteiger partial charge in [0.15, 0.2) is 5.78 Å². The lowest BCUT2D eigenvalue weighted by Crippen LogP contribution is -1.91. The van der Waals surface area contributed by atoms with Crippen LogP contribution in [0.1, 0.15) is 39.0 Å². The smallest absolute Gasteiger partial charge is 0.155 e. The maximum Gasteiger partial charge on any atom is 0.155 e. The first kappa shape index (κ1) is 11.2. The number of hydrogen-bond donors (Lipinski definition) is 0. The number of rotatable bonds is 7. The fourth-order valence-corrected chi connectivity index (χ4v) is 1.03. The molecule has 0 atom stereocenters. The van der Waals surface area contributed by atoms with Crippen molar-refractivity contribution in [2.75, 3.05) is 0 Å². The second-order valence-corrected chi connectivity index (χ2v) is 2.85. The van der Waals surface area contributed by atoms with E-state index in [2.05, 4.69) is 6.58 Å². The van der Waals surface area contributed by atoms with Crippen LogP contribution in [0, 0.1) is 0 Å². The summed E-state index contributed by atoms with van der Waals surface area (Å²) in [7, 11) is 0. The molecule has 0 amide bonds. The van der Waals surface area contributed by atoms with Crippen LogP contribution < -0.4 is 0 Å². The molecule has 0 saturated heterocycles. The molecule has 0 aromatic rings. The Bertz CT molecular complexity index is 156. The summed E-state index contributed by atoms with van der Waals surface area (Å²) in [6, 6.07) is 0. The quantitative estimate of drug-likeness (QED) is 0.322. The van der Waals surface area contributed by atoms with Crippen LogP contribution in [0.3, 0.4) is 0 Å². The van der Waals surface area contributed by atoms with Gasteiger partial charge in [0.05, 0.1) is 0 Å². The molecule has 0 radical (unpaired) electrons. The van der Waals surface area contributed by atoms with Gasteiger partial charge in [0.1, 0.15) is 0 Å². The predicted octanol–water partition coefficient (Wildman–Crippen LogP) is 3.27. The topological polar surface area (TPSA) is 17.1 Å². The van der Waals surface area contributed by atoms with Gasteiger partial charge in [-0.3, -0.25) is 4.79 Å². The Hall–Kier alpha value is -0.850. The van der Waals surface area contributed by atoms with Crippen LogP contribution in [0.5, 0.6) is 0 Å². The molecule has 0 bridgehead atoms. The van der Waals surface area contributed by atoms with Crippen molar-refractivity contribution in [2.45, 2.75) is 39.0 Å². The Morgan fingerprint density at radius 1 is 1.33 bits per heavy atom. The molecule has 1 nitrogen and oxygen atoms in total. The van der Waals surface area contributed by atoms with Gasteiger partial charge < -0.3 is 0 Å². The molecular formula is C11H18O. The van der Waals surface area contributed by atoms with Crippen molar-refractivity contribution >= 4 is 5.78 Å². The molecule has 0 aromatic heterocycles. The van der Waals surface area contributed by atoms with E-state index in [0.29, 0.717) is 6.42 Å². The van der Waals surface area contributed by atoms with Crippen molar-refractivity contribution in [3.05, 3.63) is 24.8 Å². The molecule has 0 fully saturated rings. The Labute approximate surface area is 75.2 Å². The highest BCUT2D eigenvalue weighted by Crippen LogP contribution is 2.03. The van der Waals surface area contributed by atoms with Gasteiger partial charge in [-0.2, -0.15) is 0 Å². The summed E-state index contributed by atoms with van der Waals surface area (Å²) in [6.45, 7) is 5.52. The molecule has 0 rings (SSSR count). The summed E-state index contributed by atoms with van der Waals surface area (Å²) < 4.78 is 0. The second kappa shape index (κ2) is 8.25. The zero-order valence-electron chi connectivity index (χ0n) is 7.88. The van der Waals surface area contributed by atoms with Crippen molar-refractivity contribution in [3.8, 4) is 0 Å². The van der Waals surface area contributed by atoms with Gasteiger partial charge in [0.2, 0.25) is 0 Å². The third-order valence-electron chi connectivity index (χ3n) is 1.68. The van der Waals surface area contributed by atoms with Gasteiger partial charge in [-0.15, -0.1) is 6.58 Å². The number of unbranched alkanes of at least 4 members (excludes halogenated alkanes) is 3. The number of carbonyl (C=O) groups excluding carboxylic acids is 1. The zero-order chi connectivity index (χ0) is 9.23. The van der Waals surface area contributed by atoms with Crippen molar-refractivity contribution in [2.24, 2.45) is 0 Å². The number of hydrogen-bond acceptors (Lipinski definition) is 1. The minimum absolute atomic E-state index is 0.246. The van der Waals surface area contributed by atoms with Gasteiger partial charge in [0.25, 0.3) is 0 Å². The lowest BCUT2D eigenvalue weighted by molar-refractivity contribution is -0.114. The van der Waals surface area contributed by atoms with Crippen LogP contribution in [0.2, 0.25) is 0 Å². The molecule has 1 heteroatoms. The lowest BCUT2D eigenvalue weighted by atomic mass is 10.1. The van der Waals surface area contributed by atoms with E-state index in [4.69, 9.17) is 0 Å². The average molecular weight is 166 g/mol. The highest BCUT2D eigenvalue weighted by Gasteiger charge is 1.94. The van der Waals surface area contributed by atoms with Crippen LogP contribution in [-0.4, -0.2) is 5.78 Å². The normalized spacial score (nSPS) is 10.4. The highest BCUT2D eigenvalue weighted by molar-refractivity contribution is 5.89. The van der Waals surface area contributed by atoms with Crippen molar-refractivity contribution in [1.29, 1.82) is 0 Å². The van der Waals surface area contributed by atoms with Gasteiger partial charge in [0, 0.05) is 6.42 Å². The number of carbonyl (C=O) groups is 1. The molecule has 0 aromatic carbocycles. The molecule has 12 heavy (non-hydrogen) atoms. The van der Waals surface area contributed by atoms with Crippen LogP contribution in [0.25, 0.3) is 0 Å². The average Bonchev–Trinajstić information content (AvgIpc) is 2.05. The Balaban J connectivity index is 3.19. The minimum atomic E-state index is 0.246. The van der Waals surface area contributed by atoms with Crippen molar-refractivity contribution in [1.82, 2.24) is 0 Å². The van der Waals surface area contributed by atoms with Crippen molar-refractivity contribution in [3.63, 3.8) is 0 Å². The summed E-state index contributed by atoms with van der Waals surface area (Å²) in [5, 5.41) is 0.